The van der Waals surface area contributed by atoms with E-state index in [1.165, 1.54) is 23.1 Å². The van der Waals surface area contributed by atoms with Crippen molar-refractivity contribution in [1.29, 1.82) is 0 Å². The highest BCUT2D eigenvalue weighted by Crippen LogP contribution is 2.32. The first kappa shape index (κ1) is 22.2. The zero-order chi connectivity index (χ0) is 21.7. The number of hydrogen-bond acceptors (Lipinski definition) is 2. The van der Waals surface area contributed by atoms with E-state index in [1.54, 1.807) is 17.0 Å². The van der Waals surface area contributed by atoms with Crippen LogP contribution >= 0.6 is 11.6 Å². The lowest BCUT2D eigenvalue weighted by atomic mass is 10.1. The largest absolute Gasteiger partial charge is 0.417 e. The molecule has 0 bridgehead atoms. The van der Waals surface area contributed by atoms with Gasteiger partial charge in [0.1, 0.15) is 0 Å². The number of hydrogen-bond donors (Lipinski definition) is 0. The lowest BCUT2D eigenvalue weighted by molar-refractivity contribution is -0.138. The van der Waals surface area contributed by atoms with E-state index < -0.39 is 17.6 Å². The summed E-state index contributed by atoms with van der Waals surface area (Å²) in [6, 6.07) is 12.1. The molecular weight excluding hydrogens is 417 g/mol. The van der Waals surface area contributed by atoms with Crippen molar-refractivity contribution >= 4 is 23.4 Å². The van der Waals surface area contributed by atoms with E-state index in [1.807, 2.05) is 12.1 Å². The molecule has 1 aliphatic heterocycles. The van der Waals surface area contributed by atoms with E-state index in [-0.39, 0.29) is 18.0 Å². The molecule has 1 saturated heterocycles. The van der Waals surface area contributed by atoms with Crippen LogP contribution in [0.1, 0.15) is 34.3 Å². The molecule has 2 aromatic carbocycles. The molecule has 4 nitrogen and oxygen atoms in total. The standard InChI is InChI=1S/C22H22ClF3N2O2/c23-17-9-6-16(7-10-17)8-11-20(29)27-12-3-13-28(15-14-27)21(30)18-4-1-2-5-19(18)22(24,25)26/h1-2,4-7,9-10H,3,8,11-15H2. The summed E-state index contributed by atoms with van der Waals surface area (Å²) in [5, 5.41) is 0.634. The van der Waals surface area contributed by atoms with Gasteiger partial charge in [-0.2, -0.15) is 13.2 Å². The summed E-state index contributed by atoms with van der Waals surface area (Å²) in [6.45, 7) is 1.30. The van der Waals surface area contributed by atoms with Crippen LogP contribution in [0.3, 0.4) is 0 Å². The highest BCUT2D eigenvalue weighted by atomic mass is 35.5. The van der Waals surface area contributed by atoms with Crippen LogP contribution in [0.25, 0.3) is 0 Å². The van der Waals surface area contributed by atoms with Crippen LogP contribution in [-0.4, -0.2) is 47.8 Å². The van der Waals surface area contributed by atoms with Gasteiger partial charge < -0.3 is 9.80 Å². The van der Waals surface area contributed by atoms with Gasteiger partial charge in [0.2, 0.25) is 5.91 Å². The third kappa shape index (κ3) is 5.53. The zero-order valence-electron chi connectivity index (χ0n) is 16.3. The Morgan fingerprint density at radius 1 is 0.900 bits per heavy atom. The van der Waals surface area contributed by atoms with Gasteiger partial charge in [0, 0.05) is 37.6 Å². The zero-order valence-corrected chi connectivity index (χ0v) is 17.0. The molecule has 1 fully saturated rings. The number of aryl methyl sites for hydroxylation is 1. The second kappa shape index (κ2) is 9.51. The molecule has 0 spiro atoms. The van der Waals surface area contributed by atoms with Crippen molar-refractivity contribution in [3.8, 4) is 0 Å². The number of alkyl halides is 3. The van der Waals surface area contributed by atoms with E-state index in [0.717, 1.165) is 11.6 Å². The van der Waals surface area contributed by atoms with E-state index in [2.05, 4.69) is 0 Å². The van der Waals surface area contributed by atoms with Gasteiger partial charge in [0.05, 0.1) is 11.1 Å². The molecule has 0 unspecified atom stereocenters. The molecule has 30 heavy (non-hydrogen) atoms. The summed E-state index contributed by atoms with van der Waals surface area (Å²) in [5.74, 6) is -0.687. The molecule has 1 heterocycles. The Morgan fingerprint density at radius 2 is 1.53 bits per heavy atom. The predicted molar refractivity (Wildman–Crippen MR) is 108 cm³/mol. The number of nitrogens with zero attached hydrogens (tertiary/aromatic N) is 2. The quantitative estimate of drug-likeness (QED) is 0.696. The number of carbonyl (C=O) groups is 2. The lowest BCUT2D eigenvalue weighted by Crippen LogP contribution is -2.38. The summed E-state index contributed by atoms with van der Waals surface area (Å²) in [6.07, 6.45) is -3.17. The van der Waals surface area contributed by atoms with Crippen molar-refractivity contribution < 1.29 is 22.8 Å². The normalized spacial score (nSPS) is 15.1. The van der Waals surface area contributed by atoms with Gasteiger partial charge in [-0.15, -0.1) is 0 Å². The van der Waals surface area contributed by atoms with Gasteiger partial charge in [-0.3, -0.25) is 9.59 Å². The van der Waals surface area contributed by atoms with E-state index in [9.17, 15) is 22.8 Å². The van der Waals surface area contributed by atoms with Crippen LogP contribution in [0.15, 0.2) is 48.5 Å². The molecule has 0 saturated carbocycles. The van der Waals surface area contributed by atoms with Gasteiger partial charge >= 0.3 is 6.18 Å². The molecule has 2 amide bonds. The van der Waals surface area contributed by atoms with Crippen LogP contribution in [0.2, 0.25) is 5.02 Å². The van der Waals surface area contributed by atoms with Crippen molar-refractivity contribution in [2.45, 2.75) is 25.4 Å². The minimum atomic E-state index is -4.60. The topological polar surface area (TPSA) is 40.6 Å². The van der Waals surface area contributed by atoms with E-state index in [4.69, 9.17) is 11.6 Å². The smallest absolute Gasteiger partial charge is 0.341 e. The second-order valence-electron chi connectivity index (χ2n) is 7.20. The third-order valence-electron chi connectivity index (χ3n) is 5.14. The first-order valence-corrected chi connectivity index (χ1v) is 10.1. The minimum absolute atomic E-state index is 0.0325. The van der Waals surface area contributed by atoms with Crippen LogP contribution in [0.5, 0.6) is 0 Å². The van der Waals surface area contributed by atoms with Gasteiger partial charge in [-0.1, -0.05) is 35.9 Å². The first-order valence-electron chi connectivity index (χ1n) is 9.73. The molecule has 160 valence electrons. The summed E-state index contributed by atoms with van der Waals surface area (Å²) >= 11 is 5.86. The fraction of sp³-hybridized carbons (Fsp3) is 0.364. The predicted octanol–water partition coefficient (Wildman–Crippen LogP) is 4.67. The van der Waals surface area contributed by atoms with Gasteiger partial charge in [-0.05, 0) is 42.7 Å². The number of halogens is 4. The van der Waals surface area contributed by atoms with Crippen molar-refractivity contribution in [2.75, 3.05) is 26.2 Å². The molecule has 8 heteroatoms. The molecule has 0 aliphatic carbocycles. The van der Waals surface area contributed by atoms with Crippen LogP contribution < -0.4 is 0 Å². The van der Waals surface area contributed by atoms with Crippen LogP contribution in [-0.2, 0) is 17.4 Å². The number of rotatable bonds is 4. The second-order valence-corrected chi connectivity index (χ2v) is 7.63. The van der Waals surface area contributed by atoms with Gasteiger partial charge in [0.15, 0.2) is 0 Å². The molecule has 0 radical (unpaired) electrons. The number of benzene rings is 2. The summed E-state index contributed by atoms with van der Waals surface area (Å²) in [7, 11) is 0. The minimum Gasteiger partial charge on any atom is -0.341 e. The fourth-order valence-corrected chi connectivity index (χ4v) is 3.64. The van der Waals surface area contributed by atoms with Gasteiger partial charge in [0.25, 0.3) is 5.91 Å². The first-order chi connectivity index (χ1) is 14.3. The average Bonchev–Trinajstić information content (AvgIpc) is 2.98. The molecular formula is C22H22ClF3N2O2. The molecule has 1 aliphatic rings. The average molecular weight is 439 g/mol. The Bertz CT molecular complexity index is 900. The Kier molecular flexibility index (Phi) is 7.02. The Hall–Kier alpha value is -2.54. The van der Waals surface area contributed by atoms with Crippen molar-refractivity contribution in [2.24, 2.45) is 0 Å². The highest BCUT2D eigenvalue weighted by Gasteiger charge is 2.36. The number of carbonyl (C=O) groups excluding carboxylic acids is 2. The van der Waals surface area contributed by atoms with E-state index in [0.29, 0.717) is 43.9 Å². The molecule has 0 aromatic heterocycles. The fourth-order valence-electron chi connectivity index (χ4n) is 3.52. The number of amides is 2. The van der Waals surface area contributed by atoms with Crippen LogP contribution in [0, 0.1) is 0 Å². The maximum absolute atomic E-state index is 13.2. The van der Waals surface area contributed by atoms with Gasteiger partial charge in [-0.25, -0.2) is 0 Å². The maximum atomic E-state index is 13.2. The Morgan fingerprint density at radius 3 is 2.23 bits per heavy atom. The van der Waals surface area contributed by atoms with Crippen molar-refractivity contribution in [3.63, 3.8) is 0 Å². The molecule has 2 aromatic rings. The monoisotopic (exact) mass is 438 g/mol. The lowest BCUT2D eigenvalue weighted by Gasteiger charge is -2.23. The van der Waals surface area contributed by atoms with E-state index >= 15 is 0 Å². The van der Waals surface area contributed by atoms with Crippen LogP contribution in [0.4, 0.5) is 13.2 Å². The summed E-state index contributed by atoms with van der Waals surface area (Å²) in [4.78, 5) is 28.4. The SMILES string of the molecule is O=C(CCc1ccc(Cl)cc1)N1CCCN(C(=O)c2ccccc2C(F)(F)F)CC1. The van der Waals surface area contributed by atoms with Crippen molar-refractivity contribution in [1.82, 2.24) is 9.80 Å². The third-order valence-corrected chi connectivity index (χ3v) is 5.39. The molecule has 0 N–H and O–H groups in total. The highest BCUT2D eigenvalue weighted by molar-refractivity contribution is 6.30. The Labute approximate surface area is 178 Å². The van der Waals surface area contributed by atoms with Crippen molar-refractivity contribution in [3.05, 3.63) is 70.2 Å². The molecule has 3 rings (SSSR count). The molecule has 0 atom stereocenters. The summed E-state index contributed by atoms with van der Waals surface area (Å²) < 4.78 is 39.7. The maximum Gasteiger partial charge on any atom is 0.417 e. The summed E-state index contributed by atoms with van der Waals surface area (Å²) in [5.41, 5.74) is -0.286. The Balaban J connectivity index is 1.60.